The molecule has 7 nitrogen and oxygen atoms in total. The maximum Gasteiger partial charge on any atom is 0.295 e. The van der Waals surface area contributed by atoms with Gasteiger partial charge < -0.3 is 0 Å². The summed E-state index contributed by atoms with van der Waals surface area (Å²) in [6, 6.07) is 2.96. The van der Waals surface area contributed by atoms with Crippen LogP contribution >= 0.6 is 0 Å². The fourth-order valence-electron chi connectivity index (χ4n) is 1.74. The van der Waals surface area contributed by atoms with Crippen molar-refractivity contribution in [3.8, 4) is 0 Å². The molecule has 0 saturated carbocycles. The van der Waals surface area contributed by atoms with Crippen molar-refractivity contribution < 1.29 is 17.8 Å². The third kappa shape index (κ3) is 2.00. The summed E-state index contributed by atoms with van der Waals surface area (Å²) >= 11 is 0. The molecule has 1 aromatic carbocycles. The number of azide groups is 1. The lowest BCUT2D eigenvalue weighted by atomic mass is 9.93. The molecule has 8 heteroatoms. The van der Waals surface area contributed by atoms with Gasteiger partial charge in [0, 0.05) is 16.0 Å². The first-order valence-electron chi connectivity index (χ1n) is 4.82. The fraction of sp³-hybridized carbons (Fsp3) is 0.100. The second-order valence-corrected chi connectivity index (χ2v) is 4.96. The molecule has 0 radical (unpaired) electrons. The van der Waals surface area contributed by atoms with Crippen molar-refractivity contribution in [3.63, 3.8) is 0 Å². The lowest BCUT2D eigenvalue weighted by Gasteiger charge is -2.15. The molecule has 18 heavy (non-hydrogen) atoms. The van der Waals surface area contributed by atoms with Crippen LogP contribution in [0.5, 0.6) is 0 Å². The van der Waals surface area contributed by atoms with Crippen molar-refractivity contribution in [2.24, 2.45) is 5.11 Å². The number of fused-ring (bicyclic) bond motifs is 1. The van der Waals surface area contributed by atoms with E-state index in [0.717, 1.165) is 0 Å². The van der Waals surface area contributed by atoms with Crippen LogP contribution in [0.4, 0.5) is 0 Å². The van der Waals surface area contributed by atoms with Gasteiger partial charge in [-0.05, 0) is 11.6 Å². The van der Waals surface area contributed by atoms with Crippen LogP contribution in [0, 0.1) is 0 Å². The van der Waals surface area contributed by atoms with E-state index in [4.69, 9.17) is 10.1 Å². The number of Topliss-reactive ketones (excluding diaryl/α,β-unsaturated/α-hetero) is 1. The molecule has 92 valence electrons. The fourth-order valence-corrected chi connectivity index (χ4v) is 2.44. The van der Waals surface area contributed by atoms with E-state index >= 15 is 0 Å². The van der Waals surface area contributed by atoms with Crippen LogP contribution in [-0.2, 0) is 10.1 Å². The summed E-state index contributed by atoms with van der Waals surface area (Å²) in [5, 5.41) is 3.29. The molecule has 1 unspecified atom stereocenters. The predicted molar refractivity (Wildman–Crippen MR) is 62.6 cm³/mol. The molecular formula is C10H7N3O4S. The summed E-state index contributed by atoms with van der Waals surface area (Å²) in [5.41, 5.74) is 8.51. The highest BCUT2D eigenvalue weighted by Crippen LogP contribution is 2.27. The van der Waals surface area contributed by atoms with E-state index in [1.165, 1.54) is 30.4 Å². The lowest BCUT2D eigenvalue weighted by Crippen LogP contribution is -2.21. The Balaban J connectivity index is 2.67. The zero-order chi connectivity index (χ0) is 13.3. The first kappa shape index (κ1) is 12.3. The van der Waals surface area contributed by atoms with E-state index in [1.54, 1.807) is 0 Å². The van der Waals surface area contributed by atoms with E-state index in [2.05, 4.69) is 10.0 Å². The van der Waals surface area contributed by atoms with Gasteiger partial charge in [0.1, 0.15) is 10.9 Å². The van der Waals surface area contributed by atoms with Gasteiger partial charge >= 0.3 is 0 Å². The molecule has 0 heterocycles. The summed E-state index contributed by atoms with van der Waals surface area (Å²) in [4.78, 5) is 14.1. The molecule has 2 rings (SSSR count). The maximum absolute atomic E-state index is 11.9. The van der Waals surface area contributed by atoms with E-state index in [-0.39, 0.29) is 16.0 Å². The number of rotatable bonds is 2. The summed E-state index contributed by atoms with van der Waals surface area (Å²) in [7, 11) is -4.40. The first-order chi connectivity index (χ1) is 8.45. The summed E-state index contributed by atoms with van der Waals surface area (Å²) in [5.74, 6) is -0.504. The molecule has 1 N–H and O–H groups in total. The molecule has 0 amide bonds. The molecule has 0 aliphatic heterocycles. The van der Waals surface area contributed by atoms with Crippen molar-refractivity contribution in [1.29, 1.82) is 0 Å². The normalized spacial score (nSPS) is 18.1. The molecule has 0 aromatic heterocycles. The van der Waals surface area contributed by atoms with Gasteiger partial charge in [-0.15, -0.1) is 0 Å². The van der Waals surface area contributed by atoms with Crippen LogP contribution in [0.15, 0.2) is 34.3 Å². The quantitative estimate of drug-likeness (QED) is 0.379. The van der Waals surface area contributed by atoms with Gasteiger partial charge in [0.05, 0.1) is 0 Å². The Morgan fingerprint density at radius 3 is 2.72 bits per heavy atom. The van der Waals surface area contributed by atoms with Crippen LogP contribution in [0.25, 0.3) is 16.5 Å². The number of hydrogen-bond donors (Lipinski definition) is 1. The van der Waals surface area contributed by atoms with Gasteiger partial charge in [0.25, 0.3) is 10.1 Å². The molecule has 0 spiro atoms. The molecule has 0 saturated heterocycles. The van der Waals surface area contributed by atoms with Crippen molar-refractivity contribution in [1.82, 2.24) is 0 Å². The highest BCUT2D eigenvalue weighted by molar-refractivity contribution is 7.86. The van der Waals surface area contributed by atoms with Crippen LogP contribution in [0.2, 0.25) is 0 Å². The molecule has 0 fully saturated rings. The number of benzene rings is 1. The predicted octanol–water partition coefficient (Wildman–Crippen LogP) is 1.82. The Bertz CT molecular complexity index is 702. The zero-order valence-corrected chi connectivity index (χ0v) is 9.70. The summed E-state index contributed by atoms with van der Waals surface area (Å²) < 4.78 is 31.3. The SMILES string of the molecule is [N-]=[N+]=NC1C=Cc2c(cccc2S(=O)(=O)O)C1=O. The Morgan fingerprint density at radius 1 is 1.39 bits per heavy atom. The summed E-state index contributed by atoms with van der Waals surface area (Å²) in [6.07, 6.45) is 2.64. The van der Waals surface area contributed by atoms with Gasteiger partial charge in [-0.1, -0.05) is 29.4 Å². The zero-order valence-electron chi connectivity index (χ0n) is 8.89. The van der Waals surface area contributed by atoms with Crippen LogP contribution in [0.3, 0.4) is 0 Å². The minimum atomic E-state index is -4.40. The van der Waals surface area contributed by atoms with Gasteiger partial charge in [-0.3, -0.25) is 9.35 Å². The van der Waals surface area contributed by atoms with E-state index in [0.29, 0.717) is 0 Å². The Hall–Kier alpha value is -2.15. The topological polar surface area (TPSA) is 120 Å². The van der Waals surface area contributed by atoms with E-state index in [1.807, 2.05) is 0 Å². The van der Waals surface area contributed by atoms with Crippen LogP contribution in [0.1, 0.15) is 15.9 Å². The number of carbonyl (C=O) groups excluding carboxylic acids is 1. The lowest BCUT2D eigenvalue weighted by molar-refractivity contribution is 0.0976. The highest BCUT2D eigenvalue weighted by Gasteiger charge is 2.26. The van der Waals surface area contributed by atoms with Crippen LogP contribution in [-0.4, -0.2) is 24.8 Å². The Kier molecular flexibility index (Phi) is 2.92. The summed E-state index contributed by atoms with van der Waals surface area (Å²) in [6.45, 7) is 0. The maximum atomic E-state index is 11.9. The third-order valence-corrected chi connectivity index (χ3v) is 3.41. The van der Waals surface area contributed by atoms with E-state index in [9.17, 15) is 13.2 Å². The second kappa shape index (κ2) is 4.26. The monoisotopic (exact) mass is 265 g/mol. The first-order valence-corrected chi connectivity index (χ1v) is 6.26. The van der Waals surface area contributed by atoms with Crippen LogP contribution < -0.4 is 0 Å². The number of nitrogens with zero attached hydrogens (tertiary/aromatic N) is 3. The van der Waals surface area contributed by atoms with Crippen molar-refractivity contribution in [2.45, 2.75) is 10.9 Å². The Morgan fingerprint density at radius 2 is 2.11 bits per heavy atom. The Labute approximate surface area is 102 Å². The number of ketones is 1. The van der Waals surface area contributed by atoms with Gasteiger partial charge in [-0.25, -0.2) is 0 Å². The molecule has 1 aromatic rings. The minimum Gasteiger partial charge on any atom is -0.293 e. The average molecular weight is 265 g/mol. The largest absolute Gasteiger partial charge is 0.295 e. The molecule has 0 bridgehead atoms. The third-order valence-electron chi connectivity index (χ3n) is 2.50. The minimum absolute atomic E-state index is 0.102. The second-order valence-electron chi connectivity index (χ2n) is 3.57. The smallest absolute Gasteiger partial charge is 0.293 e. The van der Waals surface area contributed by atoms with Crippen molar-refractivity contribution in [3.05, 3.63) is 45.8 Å². The van der Waals surface area contributed by atoms with Crippen molar-refractivity contribution in [2.75, 3.05) is 0 Å². The molecule has 1 atom stereocenters. The molecule has 1 aliphatic carbocycles. The van der Waals surface area contributed by atoms with Gasteiger partial charge in [-0.2, -0.15) is 8.42 Å². The van der Waals surface area contributed by atoms with Gasteiger partial charge in [0.15, 0.2) is 5.78 Å². The molecule has 1 aliphatic rings. The number of hydrogen-bond acceptors (Lipinski definition) is 4. The average Bonchev–Trinajstić information content (AvgIpc) is 2.31. The highest BCUT2D eigenvalue weighted by atomic mass is 32.2. The van der Waals surface area contributed by atoms with Gasteiger partial charge in [0.2, 0.25) is 0 Å². The number of carbonyl (C=O) groups is 1. The molecular weight excluding hydrogens is 258 g/mol. The van der Waals surface area contributed by atoms with E-state index < -0.39 is 21.9 Å². The van der Waals surface area contributed by atoms with Crippen molar-refractivity contribution >= 4 is 22.0 Å². The standard InChI is InChI=1S/C10H7N3O4S/c11-13-12-8-5-4-6-7(10(8)14)2-1-3-9(6)18(15,16)17/h1-5,8H,(H,15,16,17).